The minimum Gasteiger partial charge on any atom is -0.398 e. The van der Waals surface area contributed by atoms with Crippen LogP contribution in [0.3, 0.4) is 0 Å². The summed E-state index contributed by atoms with van der Waals surface area (Å²) in [6.07, 6.45) is 2.11. The number of unbranched alkanes of at least 4 members (excludes halogenated alkanes) is 1. The molecule has 0 bridgehead atoms. The molecule has 16 heavy (non-hydrogen) atoms. The summed E-state index contributed by atoms with van der Waals surface area (Å²) in [7, 11) is 1.81. The van der Waals surface area contributed by atoms with Gasteiger partial charge in [0, 0.05) is 19.3 Å². The Balaban J connectivity index is 0.00000225. The Morgan fingerprint density at radius 1 is 1.38 bits per heavy atom. The SMILES string of the molecule is CCCCN(C)C(=O)c1ccccc1N.Cl. The van der Waals surface area contributed by atoms with Crippen LogP contribution in [0.15, 0.2) is 24.3 Å². The summed E-state index contributed by atoms with van der Waals surface area (Å²) < 4.78 is 0. The van der Waals surface area contributed by atoms with E-state index >= 15 is 0 Å². The first-order valence-electron chi connectivity index (χ1n) is 5.26. The van der Waals surface area contributed by atoms with E-state index in [9.17, 15) is 4.79 Å². The van der Waals surface area contributed by atoms with Crippen LogP contribution in [0.1, 0.15) is 30.1 Å². The van der Waals surface area contributed by atoms with E-state index in [2.05, 4.69) is 6.92 Å². The highest BCUT2D eigenvalue weighted by Gasteiger charge is 2.12. The van der Waals surface area contributed by atoms with Crippen molar-refractivity contribution in [3.05, 3.63) is 29.8 Å². The van der Waals surface area contributed by atoms with Gasteiger partial charge in [0.1, 0.15) is 0 Å². The van der Waals surface area contributed by atoms with Crippen molar-refractivity contribution in [2.75, 3.05) is 19.3 Å². The molecule has 0 fully saturated rings. The molecule has 3 nitrogen and oxygen atoms in total. The quantitative estimate of drug-likeness (QED) is 0.825. The number of nitrogens with two attached hydrogens (primary N) is 1. The Hall–Kier alpha value is -1.22. The molecular weight excluding hydrogens is 224 g/mol. The number of rotatable bonds is 4. The molecule has 90 valence electrons. The van der Waals surface area contributed by atoms with Gasteiger partial charge in [-0.2, -0.15) is 0 Å². The van der Waals surface area contributed by atoms with Crippen molar-refractivity contribution in [2.24, 2.45) is 0 Å². The molecule has 0 radical (unpaired) electrons. The van der Waals surface area contributed by atoms with Gasteiger partial charge in [0.05, 0.1) is 5.56 Å². The summed E-state index contributed by atoms with van der Waals surface area (Å²) in [4.78, 5) is 13.6. The number of halogens is 1. The van der Waals surface area contributed by atoms with Crippen molar-refractivity contribution >= 4 is 24.0 Å². The van der Waals surface area contributed by atoms with E-state index in [1.807, 2.05) is 19.2 Å². The van der Waals surface area contributed by atoms with E-state index in [-0.39, 0.29) is 18.3 Å². The number of carbonyl (C=O) groups excluding carboxylic acids is 1. The van der Waals surface area contributed by atoms with Gasteiger partial charge in [0.15, 0.2) is 0 Å². The first-order chi connectivity index (χ1) is 7.16. The van der Waals surface area contributed by atoms with Gasteiger partial charge >= 0.3 is 0 Å². The molecule has 4 heteroatoms. The largest absolute Gasteiger partial charge is 0.398 e. The van der Waals surface area contributed by atoms with Gasteiger partial charge in [-0.1, -0.05) is 25.5 Å². The highest BCUT2D eigenvalue weighted by Crippen LogP contribution is 2.12. The van der Waals surface area contributed by atoms with E-state index in [1.54, 1.807) is 17.0 Å². The minimum atomic E-state index is 0. The summed E-state index contributed by atoms with van der Waals surface area (Å²) in [5.74, 6) is 0.00144. The van der Waals surface area contributed by atoms with Crippen molar-refractivity contribution in [1.29, 1.82) is 0 Å². The Morgan fingerprint density at radius 3 is 2.56 bits per heavy atom. The molecule has 0 aromatic heterocycles. The van der Waals surface area contributed by atoms with E-state index in [4.69, 9.17) is 5.73 Å². The lowest BCUT2D eigenvalue weighted by Gasteiger charge is -2.17. The molecule has 0 saturated heterocycles. The zero-order valence-electron chi connectivity index (χ0n) is 9.77. The van der Waals surface area contributed by atoms with Crippen LogP contribution in [0.25, 0.3) is 0 Å². The van der Waals surface area contributed by atoms with Gasteiger partial charge < -0.3 is 10.6 Å². The second-order valence-corrected chi connectivity index (χ2v) is 3.67. The molecule has 0 aliphatic rings. The number of amides is 1. The third-order valence-corrected chi connectivity index (χ3v) is 2.38. The highest BCUT2D eigenvalue weighted by molar-refractivity contribution is 5.98. The van der Waals surface area contributed by atoms with Crippen molar-refractivity contribution in [3.8, 4) is 0 Å². The Labute approximate surface area is 103 Å². The third kappa shape index (κ3) is 3.74. The van der Waals surface area contributed by atoms with Crippen LogP contribution in [-0.2, 0) is 0 Å². The summed E-state index contributed by atoms with van der Waals surface area (Å²) in [5.41, 5.74) is 6.88. The van der Waals surface area contributed by atoms with Crippen molar-refractivity contribution in [1.82, 2.24) is 4.90 Å². The standard InChI is InChI=1S/C12H18N2O.ClH/c1-3-4-9-14(2)12(15)10-7-5-6-8-11(10)13;/h5-8H,3-4,9,13H2,1-2H3;1H. The van der Waals surface area contributed by atoms with Crippen molar-refractivity contribution in [2.45, 2.75) is 19.8 Å². The minimum absolute atomic E-state index is 0. The molecule has 1 rings (SSSR count). The number of para-hydroxylation sites is 1. The predicted octanol–water partition coefficient (Wildman–Crippen LogP) is 2.56. The molecule has 0 atom stereocenters. The fourth-order valence-corrected chi connectivity index (χ4v) is 1.39. The molecule has 2 N–H and O–H groups in total. The molecule has 0 aliphatic carbocycles. The molecule has 0 unspecified atom stereocenters. The van der Waals surface area contributed by atoms with Crippen LogP contribution in [0.5, 0.6) is 0 Å². The lowest BCUT2D eigenvalue weighted by atomic mass is 10.1. The smallest absolute Gasteiger partial charge is 0.255 e. The lowest BCUT2D eigenvalue weighted by molar-refractivity contribution is 0.0794. The second kappa shape index (κ2) is 7.12. The molecule has 0 heterocycles. The molecule has 1 amide bonds. The Kier molecular flexibility index (Phi) is 6.58. The predicted molar refractivity (Wildman–Crippen MR) is 70.0 cm³/mol. The van der Waals surface area contributed by atoms with Crippen LogP contribution in [0, 0.1) is 0 Å². The van der Waals surface area contributed by atoms with E-state index < -0.39 is 0 Å². The molecule has 0 saturated carbocycles. The van der Waals surface area contributed by atoms with Gasteiger partial charge in [0.2, 0.25) is 0 Å². The maximum Gasteiger partial charge on any atom is 0.255 e. The first-order valence-corrected chi connectivity index (χ1v) is 5.26. The van der Waals surface area contributed by atoms with Gasteiger partial charge in [-0.3, -0.25) is 4.79 Å². The topological polar surface area (TPSA) is 46.3 Å². The number of hydrogen-bond donors (Lipinski definition) is 1. The average molecular weight is 243 g/mol. The monoisotopic (exact) mass is 242 g/mol. The van der Waals surface area contributed by atoms with Crippen LogP contribution in [0.2, 0.25) is 0 Å². The average Bonchev–Trinajstić information content (AvgIpc) is 2.25. The maximum absolute atomic E-state index is 11.9. The summed E-state index contributed by atoms with van der Waals surface area (Å²) in [5, 5.41) is 0. The first kappa shape index (κ1) is 14.8. The zero-order valence-corrected chi connectivity index (χ0v) is 10.6. The van der Waals surface area contributed by atoms with Gasteiger partial charge in [-0.25, -0.2) is 0 Å². The van der Waals surface area contributed by atoms with Crippen LogP contribution in [0.4, 0.5) is 5.69 Å². The van der Waals surface area contributed by atoms with Gasteiger partial charge in [-0.15, -0.1) is 12.4 Å². The van der Waals surface area contributed by atoms with Gasteiger partial charge in [-0.05, 0) is 18.6 Å². The van der Waals surface area contributed by atoms with E-state index in [1.165, 1.54) is 0 Å². The van der Waals surface area contributed by atoms with Crippen LogP contribution >= 0.6 is 12.4 Å². The molecule has 1 aromatic carbocycles. The maximum atomic E-state index is 11.9. The Morgan fingerprint density at radius 2 is 2.00 bits per heavy atom. The lowest BCUT2D eigenvalue weighted by Crippen LogP contribution is -2.28. The highest BCUT2D eigenvalue weighted by atomic mass is 35.5. The summed E-state index contributed by atoms with van der Waals surface area (Å²) in [6, 6.07) is 7.18. The third-order valence-electron chi connectivity index (χ3n) is 2.38. The molecule has 0 spiro atoms. The van der Waals surface area contributed by atoms with Crippen molar-refractivity contribution in [3.63, 3.8) is 0 Å². The number of nitrogen functional groups attached to an aromatic ring is 1. The number of hydrogen-bond acceptors (Lipinski definition) is 2. The summed E-state index contributed by atoms with van der Waals surface area (Å²) >= 11 is 0. The molecule has 0 aliphatic heterocycles. The summed E-state index contributed by atoms with van der Waals surface area (Å²) in [6.45, 7) is 2.89. The van der Waals surface area contributed by atoms with E-state index in [0.29, 0.717) is 11.3 Å². The number of carbonyl (C=O) groups is 1. The van der Waals surface area contributed by atoms with Gasteiger partial charge in [0.25, 0.3) is 5.91 Å². The fourth-order valence-electron chi connectivity index (χ4n) is 1.39. The van der Waals surface area contributed by atoms with E-state index in [0.717, 1.165) is 19.4 Å². The fraction of sp³-hybridized carbons (Fsp3) is 0.417. The number of nitrogens with zero attached hydrogens (tertiary/aromatic N) is 1. The van der Waals surface area contributed by atoms with Crippen molar-refractivity contribution < 1.29 is 4.79 Å². The van der Waals surface area contributed by atoms with Crippen LogP contribution < -0.4 is 5.73 Å². The second-order valence-electron chi connectivity index (χ2n) is 3.67. The number of benzene rings is 1. The molecule has 1 aromatic rings. The Bertz CT molecular complexity index is 342. The molecular formula is C12H19ClN2O. The zero-order chi connectivity index (χ0) is 11.3. The number of anilines is 1. The van der Waals surface area contributed by atoms with Crippen LogP contribution in [-0.4, -0.2) is 24.4 Å². The normalized spacial score (nSPS) is 9.38.